The Morgan fingerprint density at radius 2 is 1.89 bits per heavy atom. The Morgan fingerprint density at radius 1 is 1.11 bits per heavy atom. The van der Waals surface area contributed by atoms with E-state index in [-0.39, 0.29) is 6.61 Å². The van der Waals surface area contributed by atoms with E-state index in [1.165, 1.54) is 5.56 Å². The number of aliphatic hydroxyl groups is 1. The van der Waals surface area contributed by atoms with E-state index in [1.54, 1.807) is 11.8 Å². The average molecular weight is 289 g/mol. The predicted molar refractivity (Wildman–Crippen MR) is 81.4 cm³/mol. The van der Waals surface area contributed by atoms with Crippen LogP contribution in [0.5, 0.6) is 0 Å². The molecule has 0 amide bonds. The molecule has 0 heterocycles. The summed E-state index contributed by atoms with van der Waals surface area (Å²) in [5.74, 6) is 6.41. The smallest absolute Gasteiger partial charge is 0.104 e. The molecule has 2 rings (SSSR count). The molecule has 0 spiro atoms. The number of benzene rings is 2. The summed E-state index contributed by atoms with van der Waals surface area (Å²) in [6.07, 6.45) is 0. The molecule has 0 aliphatic heterocycles. The normalized spacial score (nSPS) is 9.79. The van der Waals surface area contributed by atoms with Crippen LogP contribution in [0.25, 0.3) is 0 Å². The summed E-state index contributed by atoms with van der Waals surface area (Å²) in [4.78, 5) is 1.16. The number of hydrogen-bond acceptors (Lipinski definition) is 2. The molecule has 0 radical (unpaired) electrons. The van der Waals surface area contributed by atoms with Gasteiger partial charge < -0.3 is 5.11 Å². The number of rotatable bonds is 3. The molecule has 0 aromatic heterocycles. The molecule has 2 aromatic rings. The Labute approximate surface area is 122 Å². The highest BCUT2D eigenvalue weighted by Crippen LogP contribution is 2.25. The van der Waals surface area contributed by atoms with E-state index in [9.17, 15) is 0 Å². The highest BCUT2D eigenvalue weighted by Gasteiger charge is 1.97. The van der Waals surface area contributed by atoms with Crippen LogP contribution >= 0.6 is 23.4 Å². The van der Waals surface area contributed by atoms with Crippen LogP contribution in [0, 0.1) is 11.8 Å². The second kappa shape index (κ2) is 7.25. The van der Waals surface area contributed by atoms with Gasteiger partial charge in [0.1, 0.15) is 6.61 Å². The van der Waals surface area contributed by atoms with E-state index in [4.69, 9.17) is 16.7 Å². The van der Waals surface area contributed by atoms with Crippen molar-refractivity contribution >= 4 is 23.4 Å². The molecule has 1 nitrogen and oxygen atoms in total. The van der Waals surface area contributed by atoms with Gasteiger partial charge in [0.15, 0.2) is 0 Å². The van der Waals surface area contributed by atoms with Gasteiger partial charge in [-0.15, -0.1) is 11.8 Å². The van der Waals surface area contributed by atoms with Gasteiger partial charge in [0, 0.05) is 21.2 Å². The fourth-order valence-electron chi connectivity index (χ4n) is 1.55. The Bertz CT molecular complexity index is 596. The molecule has 96 valence electrons. The van der Waals surface area contributed by atoms with E-state index in [0.717, 1.165) is 21.2 Å². The summed E-state index contributed by atoms with van der Waals surface area (Å²) in [6, 6.07) is 15.9. The van der Waals surface area contributed by atoms with Crippen molar-refractivity contribution in [1.82, 2.24) is 0 Å². The zero-order valence-electron chi connectivity index (χ0n) is 10.3. The van der Waals surface area contributed by atoms with Crippen LogP contribution < -0.4 is 0 Å². The van der Waals surface area contributed by atoms with Gasteiger partial charge in [-0.25, -0.2) is 0 Å². The van der Waals surface area contributed by atoms with E-state index < -0.39 is 0 Å². The zero-order valence-corrected chi connectivity index (χ0v) is 11.8. The molecule has 2 aromatic carbocycles. The van der Waals surface area contributed by atoms with Crippen molar-refractivity contribution in [3.8, 4) is 11.8 Å². The zero-order chi connectivity index (χ0) is 13.5. The van der Waals surface area contributed by atoms with Gasteiger partial charge in [-0.2, -0.15) is 0 Å². The molecule has 0 atom stereocenters. The molecule has 19 heavy (non-hydrogen) atoms. The minimum Gasteiger partial charge on any atom is -0.384 e. The van der Waals surface area contributed by atoms with Crippen molar-refractivity contribution in [2.45, 2.75) is 10.6 Å². The number of hydrogen-bond donors (Lipinski definition) is 1. The Hall–Kier alpha value is -1.40. The fraction of sp³-hybridized carbons (Fsp3) is 0.125. The second-order valence-electron chi connectivity index (χ2n) is 3.90. The van der Waals surface area contributed by atoms with E-state index in [0.29, 0.717) is 0 Å². The van der Waals surface area contributed by atoms with Gasteiger partial charge in [-0.05, 0) is 35.9 Å². The lowest BCUT2D eigenvalue weighted by atomic mass is 10.1. The van der Waals surface area contributed by atoms with Gasteiger partial charge in [-0.3, -0.25) is 0 Å². The topological polar surface area (TPSA) is 20.2 Å². The number of halogens is 1. The molecule has 0 aliphatic rings. The Kier molecular flexibility index (Phi) is 5.35. The highest BCUT2D eigenvalue weighted by molar-refractivity contribution is 7.98. The Balaban J connectivity index is 1.96. The summed E-state index contributed by atoms with van der Waals surface area (Å²) in [5.41, 5.74) is 2.16. The van der Waals surface area contributed by atoms with Crippen LogP contribution in [0.2, 0.25) is 5.02 Å². The maximum absolute atomic E-state index is 8.63. The van der Waals surface area contributed by atoms with Crippen LogP contribution in [0.3, 0.4) is 0 Å². The van der Waals surface area contributed by atoms with Crippen molar-refractivity contribution in [2.75, 3.05) is 6.61 Å². The molecule has 0 saturated carbocycles. The summed E-state index contributed by atoms with van der Waals surface area (Å²) < 4.78 is 0. The summed E-state index contributed by atoms with van der Waals surface area (Å²) in [5, 5.41) is 9.39. The molecule has 0 bridgehead atoms. The molecular formula is C16H13ClOS. The van der Waals surface area contributed by atoms with Crippen LogP contribution in [0.1, 0.15) is 11.1 Å². The SMILES string of the molecule is OCC#Cc1ccc(CSc2cccc(Cl)c2)cc1. The summed E-state index contributed by atoms with van der Waals surface area (Å²) in [6.45, 7) is -0.105. The van der Waals surface area contributed by atoms with E-state index in [1.807, 2.05) is 30.3 Å². The molecule has 0 unspecified atom stereocenters. The van der Waals surface area contributed by atoms with Crippen molar-refractivity contribution in [3.63, 3.8) is 0 Å². The minimum absolute atomic E-state index is 0.105. The molecule has 3 heteroatoms. The molecular weight excluding hydrogens is 276 g/mol. The summed E-state index contributed by atoms with van der Waals surface area (Å²) >= 11 is 7.70. The van der Waals surface area contributed by atoms with Gasteiger partial charge in [-0.1, -0.05) is 41.6 Å². The highest BCUT2D eigenvalue weighted by atomic mass is 35.5. The van der Waals surface area contributed by atoms with Gasteiger partial charge in [0.2, 0.25) is 0 Å². The summed E-state index contributed by atoms with van der Waals surface area (Å²) in [7, 11) is 0. The van der Waals surface area contributed by atoms with E-state index >= 15 is 0 Å². The monoisotopic (exact) mass is 288 g/mol. The van der Waals surface area contributed by atoms with Crippen molar-refractivity contribution in [3.05, 3.63) is 64.7 Å². The largest absolute Gasteiger partial charge is 0.384 e. The van der Waals surface area contributed by atoms with Crippen molar-refractivity contribution < 1.29 is 5.11 Å². The minimum atomic E-state index is -0.105. The first kappa shape index (κ1) is 14.0. The molecule has 0 saturated heterocycles. The lowest BCUT2D eigenvalue weighted by Crippen LogP contribution is -1.82. The molecule has 0 aliphatic carbocycles. The maximum Gasteiger partial charge on any atom is 0.104 e. The molecule has 0 fully saturated rings. The lowest BCUT2D eigenvalue weighted by molar-refractivity contribution is 0.350. The first-order valence-electron chi connectivity index (χ1n) is 5.85. The quantitative estimate of drug-likeness (QED) is 0.681. The van der Waals surface area contributed by atoms with Gasteiger partial charge >= 0.3 is 0 Å². The fourth-order valence-corrected chi connectivity index (χ4v) is 2.72. The third kappa shape index (κ3) is 4.65. The predicted octanol–water partition coefficient (Wildman–Crippen LogP) is 3.98. The van der Waals surface area contributed by atoms with Crippen molar-refractivity contribution in [1.29, 1.82) is 0 Å². The maximum atomic E-state index is 8.63. The van der Waals surface area contributed by atoms with Crippen LogP contribution in [-0.4, -0.2) is 11.7 Å². The molecule has 1 N–H and O–H groups in total. The first-order valence-corrected chi connectivity index (χ1v) is 7.21. The van der Waals surface area contributed by atoms with Gasteiger partial charge in [0.05, 0.1) is 0 Å². The van der Waals surface area contributed by atoms with E-state index in [2.05, 4.69) is 30.0 Å². The third-order valence-corrected chi connectivity index (χ3v) is 3.77. The first-order chi connectivity index (χ1) is 9.28. The Morgan fingerprint density at radius 3 is 2.58 bits per heavy atom. The standard InChI is InChI=1S/C16H13ClOS/c17-15-4-1-5-16(11-15)19-12-14-8-6-13(7-9-14)3-2-10-18/h1,4-9,11,18H,10,12H2. The third-order valence-electron chi connectivity index (χ3n) is 2.47. The second-order valence-corrected chi connectivity index (χ2v) is 5.39. The number of thioether (sulfide) groups is 1. The lowest BCUT2D eigenvalue weighted by Gasteiger charge is -2.02. The van der Waals surface area contributed by atoms with Crippen molar-refractivity contribution in [2.24, 2.45) is 0 Å². The van der Waals surface area contributed by atoms with Crippen LogP contribution in [0.15, 0.2) is 53.4 Å². The number of aliphatic hydroxyl groups excluding tert-OH is 1. The average Bonchev–Trinajstić information content (AvgIpc) is 2.44. The van der Waals surface area contributed by atoms with Gasteiger partial charge in [0.25, 0.3) is 0 Å². The van der Waals surface area contributed by atoms with Crippen LogP contribution in [-0.2, 0) is 5.75 Å². The van der Waals surface area contributed by atoms with Crippen LogP contribution in [0.4, 0.5) is 0 Å².